The van der Waals surface area contributed by atoms with Crippen LogP contribution >= 0.6 is 7.14 Å². The minimum atomic E-state index is -9.35. The van der Waals surface area contributed by atoms with Gasteiger partial charge >= 0.3 is 143 Å². The molecule has 0 bridgehead atoms. The quantitative estimate of drug-likeness (QED) is 0.0645. The van der Waals surface area contributed by atoms with Gasteiger partial charge in [0, 0.05) is 32.6 Å². The summed E-state index contributed by atoms with van der Waals surface area (Å²) in [7, 11) is -6.64. The Morgan fingerprint density at radius 1 is 0.158 bits per heavy atom. The Balaban J connectivity index is 2.49. The number of hydrogen-bond donors (Lipinski definition) is 0. The SMILES string of the molecule is O=P(c1ccc(C(F)(F)C(F)(F)C(F)(F)C(F)(F)C(F)(F)C(F)(F)C(F)(F)C(F)(F)F)cc1)(c1ccc(C(F)(F)C(F)(F)C(F)(F)C(F)(F)C(F)(F)C(F)(F)C(F)(F)C(F)(F)F)cc1)c1ccc(C(F)(F)C(F)(F)C(F)(F)C(F)(F)C(F)(F)C(F)(F)C(F)(F)C(F)(F)F)cc1. The van der Waals surface area contributed by atoms with E-state index in [1.165, 1.54) is 0 Å². The molecule has 0 heterocycles. The lowest BCUT2D eigenvalue weighted by molar-refractivity contribution is -0.462. The highest BCUT2D eigenvalue weighted by Crippen LogP contribution is 2.69. The monoisotopic (exact) mass is 1530 g/mol. The summed E-state index contributed by atoms with van der Waals surface area (Å²) < 4.78 is 727. The predicted octanol–water partition coefficient (Wildman–Crippen LogP) is 19.7. The molecule has 53 heteroatoms. The van der Waals surface area contributed by atoms with Crippen LogP contribution in [0.3, 0.4) is 0 Å². The van der Waals surface area contributed by atoms with E-state index in [1.54, 1.807) is 0 Å². The summed E-state index contributed by atoms with van der Waals surface area (Å²) in [6, 6.07) is -13.0. The molecule has 0 saturated heterocycles. The maximum Gasteiger partial charge on any atom is 0.460 e. The largest absolute Gasteiger partial charge is 0.460 e. The second kappa shape index (κ2) is 22.2. The molecule has 0 saturated carbocycles. The maximum absolute atomic E-state index is 15.2. The van der Waals surface area contributed by atoms with Crippen LogP contribution in [0.1, 0.15) is 16.7 Å². The van der Waals surface area contributed by atoms with E-state index in [1.807, 2.05) is 0 Å². The van der Waals surface area contributed by atoms with Crippen LogP contribution in [0.25, 0.3) is 0 Å². The van der Waals surface area contributed by atoms with Crippen molar-refractivity contribution in [2.24, 2.45) is 0 Å². The van der Waals surface area contributed by atoms with Crippen LogP contribution in [-0.2, 0) is 22.3 Å². The van der Waals surface area contributed by atoms with E-state index in [-0.39, 0.29) is 0 Å². The zero-order chi connectivity index (χ0) is 76.4. The highest BCUT2D eigenvalue weighted by atomic mass is 31.2. The third kappa shape index (κ3) is 10.6. The molecular weight excluding hydrogens is 1520 g/mol. The van der Waals surface area contributed by atoms with Crippen LogP contribution in [0.2, 0.25) is 0 Å². The van der Waals surface area contributed by atoms with Gasteiger partial charge in [0.1, 0.15) is 0 Å². The van der Waals surface area contributed by atoms with Gasteiger partial charge < -0.3 is 4.57 Å². The van der Waals surface area contributed by atoms with Crippen molar-refractivity contribution >= 4 is 23.1 Å². The molecule has 0 unspecified atom stereocenters. The van der Waals surface area contributed by atoms with Gasteiger partial charge in [-0.15, -0.1) is 0 Å². The van der Waals surface area contributed by atoms with Crippen molar-refractivity contribution in [3.63, 3.8) is 0 Å². The standard InChI is InChI=1S/C42H12F51OP/c43-19(44,22(49,50)25(55,56)28(61,62)31(67,68)34(73,74)37(79,80)40(85,86)87)13-1-7-16(8-2-13)95(94,17-9-3-14(4-10-17)20(45,46)23(51,52)26(57,58)29(63,64)32(69,70)35(75,76)38(81,82)41(88,89)90)18-11-5-15(6-12-18)21(47,48)24(53,54)27(59,60)30(65,66)33(71,72)36(77,78)39(83,84)42(91,92)93/h1-12H. The van der Waals surface area contributed by atoms with E-state index < -0.39 is 255 Å². The van der Waals surface area contributed by atoms with Crippen molar-refractivity contribution < 1.29 is 228 Å². The van der Waals surface area contributed by atoms with Crippen LogP contribution in [0.5, 0.6) is 0 Å². The average molecular weight is 1530 g/mol. The Labute approximate surface area is 484 Å². The lowest BCUT2D eigenvalue weighted by Crippen LogP contribution is -2.74. The molecule has 0 N–H and O–H groups in total. The summed E-state index contributed by atoms with van der Waals surface area (Å²) in [5.41, 5.74) is -10.2. The molecule has 95 heavy (non-hydrogen) atoms. The third-order valence-electron chi connectivity index (χ3n) is 12.9. The molecule has 0 fully saturated rings. The Morgan fingerprint density at radius 2 is 0.263 bits per heavy atom. The van der Waals surface area contributed by atoms with Gasteiger partial charge in [-0.25, -0.2) is 0 Å². The fourth-order valence-corrected chi connectivity index (χ4v) is 9.73. The highest BCUT2D eigenvalue weighted by molar-refractivity contribution is 7.85. The van der Waals surface area contributed by atoms with Gasteiger partial charge in [-0.3, -0.25) is 0 Å². The molecule has 0 aliphatic rings. The summed E-state index contributed by atoms with van der Waals surface area (Å²) in [5.74, 6) is -186. The van der Waals surface area contributed by atoms with Gasteiger partial charge in [0.2, 0.25) is 0 Å². The van der Waals surface area contributed by atoms with Crippen LogP contribution in [-0.4, -0.2) is 125 Å². The van der Waals surface area contributed by atoms with Crippen molar-refractivity contribution in [3.05, 3.63) is 89.5 Å². The second-order valence-corrected chi connectivity index (χ2v) is 21.6. The molecule has 3 aromatic rings. The molecule has 3 aromatic carbocycles. The molecule has 3 rings (SSSR count). The first-order valence-electron chi connectivity index (χ1n) is 22.0. The minimum absolute atomic E-state index is 0.905. The summed E-state index contributed by atoms with van der Waals surface area (Å²) in [6.45, 7) is 0. The van der Waals surface area contributed by atoms with E-state index in [9.17, 15) is 202 Å². The van der Waals surface area contributed by atoms with Crippen LogP contribution in [0, 0.1) is 0 Å². The van der Waals surface area contributed by atoms with Crippen LogP contribution in [0.4, 0.5) is 224 Å². The molecule has 0 atom stereocenters. The number of halogens is 51. The van der Waals surface area contributed by atoms with Gasteiger partial charge in [-0.05, 0) is 0 Å². The smallest absolute Gasteiger partial charge is 0.309 e. The Kier molecular flexibility index (Phi) is 19.5. The predicted molar refractivity (Wildman–Crippen MR) is 205 cm³/mol. The van der Waals surface area contributed by atoms with Gasteiger partial charge in [0.05, 0.1) is 0 Å². The molecule has 0 aromatic heterocycles. The third-order valence-corrected chi connectivity index (χ3v) is 16.0. The number of rotatable bonds is 24. The van der Waals surface area contributed by atoms with Gasteiger partial charge in [-0.2, -0.15) is 224 Å². The number of benzene rings is 3. The first-order valence-corrected chi connectivity index (χ1v) is 23.7. The summed E-state index contributed by atoms with van der Waals surface area (Å²) in [4.78, 5) is 0. The van der Waals surface area contributed by atoms with Crippen LogP contribution < -0.4 is 15.9 Å². The zero-order valence-corrected chi connectivity index (χ0v) is 43.0. The zero-order valence-electron chi connectivity index (χ0n) is 42.1. The van der Waals surface area contributed by atoms with Gasteiger partial charge in [0.15, 0.2) is 7.14 Å². The molecule has 0 radical (unpaired) electrons. The van der Waals surface area contributed by atoms with E-state index in [0.717, 1.165) is 0 Å². The molecular formula is C42H12F51OP. The van der Waals surface area contributed by atoms with Crippen molar-refractivity contribution in [1.82, 2.24) is 0 Å². The fraction of sp³-hybridized carbons (Fsp3) is 0.571. The first kappa shape index (κ1) is 83.5. The minimum Gasteiger partial charge on any atom is -0.309 e. The molecule has 0 aliphatic carbocycles. The van der Waals surface area contributed by atoms with E-state index in [2.05, 4.69) is 0 Å². The fourth-order valence-electron chi connectivity index (χ4n) is 7.12. The lowest BCUT2D eigenvalue weighted by atomic mass is 9.87. The van der Waals surface area contributed by atoms with E-state index in [0.29, 0.717) is 0 Å². The van der Waals surface area contributed by atoms with Crippen molar-refractivity contribution in [3.8, 4) is 0 Å². The summed E-state index contributed by atoms with van der Waals surface area (Å²) >= 11 is 0. The van der Waals surface area contributed by atoms with Crippen LogP contribution in [0.15, 0.2) is 72.8 Å². The topological polar surface area (TPSA) is 17.1 Å². The molecule has 548 valence electrons. The second-order valence-electron chi connectivity index (χ2n) is 18.8. The number of alkyl halides is 51. The highest BCUT2D eigenvalue weighted by Gasteiger charge is 2.99. The summed E-state index contributed by atoms with van der Waals surface area (Å²) in [6.07, 6.45) is -24.8. The van der Waals surface area contributed by atoms with E-state index >= 15 is 26.3 Å². The Hall–Kier alpha value is -5.68. The van der Waals surface area contributed by atoms with Crippen molar-refractivity contribution in [1.29, 1.82) is 0 Å². The molecule has 1 nitrogen and oxygen atoms in total. The average Bonchev–Trinajstić information content (AvgIpc) is 0.704. The van der Waals surface area contributed by atoms with E-state index in [4.69, 9.17) is 0 Å². The normalized spacial score (nSPS) is 16.4. The summed E-state index contributed by atoms with van der Waals surface area (Å²) in [5, 5.41) is -6.45. The maximum atomic E-state index is 15.2. The van der Waals surface area contributed by atoms with Gasteiger partial charge in [0.25, 0.3) is 0 Å². The first-order chi connectivity index (χ1) is 40.9. The Bertz CT molecular complexity index is 2950. The van der Waals surface area contributed by atoms with Crippen molar-refractivity contribution in [2.75, 3.05) is 0 Å². The molecule has 0 aliphatic heterocycles. The van der Waals surface area contributed by atoms with Gasteiger partial charge in [-0.1, -0.05) is 72.8 Å². The van der Waals surface area contributed by atoms with Crippen molar-refractivity contribution in [2.45, 2.75) is 143 Å². The molecule has 0 amide bonds. The Morgan fingerprint density at radius 3 is 0.379 bits per heavy atom. The molecule has 0 spiro atoms. The number of hydrogen-bond acceptors (Lipinski definition) is 1. The lowest BCUT2D eigenvalue weighted by Gasteiger charge is -2.43.